The molecule has 2 rings (SSSR count). The van der Waals surface area contributed by atoms with Crippen LogP contribution in [0.1, 0.15) is 46.0 Å². The lowest BCUT2D eigenvalue weighted by molar-refractivity contribution is -0.385. The first-order chi connectivity index (χ1) is 11.0. The van der Waals surface area contributed by atoms with Gasteiger partial charge in [-0.15, -0.1) is 0 Å². The summed E-state index contributed by atoms with van der Waals surface area (Å²) >= 11 is 0. The van der Waals surface area contributed by atoms with E-state index in [2.05, 4.69) is 23.8 Å². The summed E-state index contributed by atoms with van der Waals surface area (Å²) in [5, 5.41) is 24.9. The Morgan fingerprint density at radius 3 is 2.87 bits per heavy atom. The highest BCUT2D eigenvalue weighted by molar-refractivity contribution is 5.20. The van der Waals surface area contributed by atoms with Crippen LogP contribution in [0, 0.1) is 16.0 Å². The molecule has 2 heterocycles. The number of aliphatic hydroxyl groups is 1. The quantitative estimate of drug-likeness (QED) is 0.586. The van der Waals surface area contributed by atoms with Gasteiger partial charge in [0.25, 0.3) is 0 Å². The third kappa shape index (κ3) is 5.58. The van der Waals surface area contributed by atoms with Crippen molar-refractivity contribution in [3.8, 4) is 0 Å². The summed E-state index contributed by atoms with van der Waals surface area (Å²) in [6, 6.07) is 0.549. The van der Waals surface area contributed by atoms with E-state index in [0.717, 1.165) is 6.54 Å². The van der Waals surface area contributed by atoms with E-state index in [4.69, 9.17) is 0 Å². The summed E-state index contributed by atoms with van der Waals surface area (Å²) in [6.45, 7) is 6.41. The van der Waals surface area contributed by atoms with Gasteiger partial charge in [-0.05, 0) is 38.1 Å². The van der Waals surface area contributed by atoms with Crippen molar-refractivity contribution in [2.75, 3.05) is 13.1 Å². The molecular formula is C16H28N4O3. The summed E-state index contributed by atoms with van der Waals surface area (Å²) in [5.74, 6) is 0.702. The molecule has 0 spiro atoms. The molecule has 2 atom stereocenters. The number of aromatic nitrogens is 2. The number of nitro groups is 1. The number of hydrogen-bond donors (Lipinski definition) is 1. The van der Waals surface area contributed by atoms with Gasteiger partial charge in [-0.25, -0.2) is 0 Å². The first-order valence-corrected chi connectivity index (χ1v) is 8.54. The van der Waals surface area contributed by atoms with E-state index in [9.17, 15) is 15.2 Å². The first kappa shape index (κ1) is 17.9. The molecule has 0 amide bonds. The Morgan fingerprint density at radius 2 is 2.22 bits per heavy atom. The Bertz CT molecular complexity index is 503. The van der Waals surface area contributed by atoms with Gasteiger partial charge >= 0.3 is 5.69 Å². The minimum atomic E-state index is -0.561. The minimum Gasteiger partial charge on any atom is -0.390 e. The Balaban J connectivity index is 1.86. The number of likely N-dealkylation sites (tertiary alicyclic amines) is 1. The topological polar surface area (TPSA) is 84.4 Å². The minimum absolute atomic E-state index is 0.0371. The van der Waals surface area contributed by atoms with E-state index >= 15 is 0 Å². The molecular weight excluding hydrogens is 296 g/mol. The molecule has 130 valence electrons. The zero-order valence-corrected chi connectivity index (χ0v) is 14.1. The average Bonchev–Trinajstić information content (AvgIpc) is 2.95. The van der Waals surface area contributed by atoms with Crippen LogP contribution in [0.4, 0.5) is 5.69 Å². The molecule has 1 fully saturated rings. The summed E-state index contributed by atoms with van der Waals surface area (Å²) in [7, 11) is 0. The maximum atomic E-state index is 10.7. The van der Waals surface area contributed by atoms with E-state index < -0.39 is 11.0 Å². The van der Waals surface area contributed by atoms with Crippen molar-refractivity contribution in [3.63, 3.8) is 0 Å². The van der Waals surface area contributed by atoms with Crippen molar-refractivity contribution in [2.24, 2.45) is 5.92 Å². The molecule has 1 aromatic rings. The molecule has 1 aliphatic heterocycles. The van der Waals surface area contributed by atoms with Crippen molar-refractivity contribution in [3.05, 3.63) is 22.5 Å². The van der Waals surface area contributed by atoms with Gasteiger partial charge in [-0.3, -0.25) is 19.7 Å². The fourth-order valence-electron chi connectivity index (χ4n) is 3.24. The molecule has 1 aromatic heterocycles. The van der Waals surface area contributed by atoms with Crippen LogP contribution < -0.4 is 0 Å². The molecule has 0 aliphatic carbocycles. The fraction of sp³-hybridized carbons (Fsp3) is 0.812. The van der Waals surface area contributed by atoms with Crippen molar-refractivity contribution in [1.29, 1.82) is 0 Å². The standard InChI is InChI=1S/C16H28N4O3/c1-13(2)6-7-14-5-3-4-8-18(14)11-16(21)12-19-10-15(9-17-19)20(22)23/h9-10,13-14,16,21H,3-8,11-12H2,1-2H3. The van der Waals surface area contributed by atoms with Crippen molar-refractivity contribution in [1.82, 2.24) is 14.7 Å². The second-order valence-electron chi connectivity index (χ2n) is 6.95. The molecule has 1 saturated heterocycles. The maximum Gasteiger partial charge on any atom is 0.306 e. The molecule has 0 radical (unpaired) electrons. The SMILES string of the molecule is CC(C)CCC1CCCCN1CC(O)Cn1cc([N+](=O)[O-])cn1. The lowest BCUT2D eigenvalue weighted by Gasteiger charge is -2.37. The maximum absolute atomic E-state index is 10.7. The van der Waals surface area contributed by atoms with Gasteiger partial charge in [-0.1, -0.05) is 20.3 Å². The van der Waals surface area contributed by atoms with Gasteiger partial charge in [-0.2, -0.15) is 5.10 Å². The van der Waals surface area contributed by atoms with Crippen molar-refractivity contribution in [2.45, 2.75) is 64.6 Å². The smallest absolute Gasteiger partial charge is 0.306 e. The summed E-state index contributed by atoms with van der Waals surface area (Å²) < 4.78 is 1.45. The number of nitrogens with zero attached hydrogens (tertiary/aromatic N) is 4. The predicted molar refractivity (Wildman–Crippen MR) is 88.2 cm³/mol. The van der Waals surface area contributed by atoms with Gasteiger partial charge in [0.1, 0.15) is 12.4 Å². The Labute approximate surface area is 137 Å². The van der Waals surface area contributed by atoms with Crippen LogP contribution >= 0.6 is 0 Å². The van der Waals surface area contributed by atoms with Gasteiger partial charge in [0.15, 0.2) is 0 Å². The van der Waals surface area contributed by atoms with Crippen LogP contribution in [0.3, 0.4) is 0 Å². The third-order valence-electron chi connectivity index (χ3n) is 4.50. The molecule has 1 N–H and O–H groups in total. The van der Waals surface area contributed by atoms with E-state index in [1.54, 1.807) is 0 Å². The molecule has 0 bridgehead atoms. The van der Waals surface area contributed by atoms with Gasteiger partial charge in [0, 0.05) is 12.6 Å². The Morgan fingerprint density at radius 1 is 1.43 bits per heavy atom. The Hall–Kier alpha value is -1.47. The van der Waals surface area contributed by atoms with Crippen LogP contribution in [0.15, 0.2) is 12.4 Å². The zero-order chi connectivity index (χ0) is 16.8. The average molecular weight is 324 g/mol. The fourth-order valence-corrected chi connectivity index (χ4v) is 3.24. The summed E-state index contributed by atoms with van der Waals surface area (Å²) in [6.07, 6.45) is 8.06. The van der Waals surface area contributed by atoms with Crippen LogP contribution in [0.2, 0.25) is 0 Å². The highest BCUT2D eigenvalue weighted by Gasteiger charge is 2.24. The predicted octanol–water partition coefficient (Wildman–Crippen LogP) is 2.44. The summed E-state index contributed by atoms with van der Waals surface area (Å²) in [4.78, 5) is 12.6. The lowest BCUT2D eigenvalue weighted by Crippen LogP contribution is -2.44. The number of piperidine rings is 1. The largest absolute Gasteiger partial charge is 0.390 e. The molecule has 23 heavy (non-hydrogen) atoms. The second kappa shape index (κ2) is 8.40. The van der Waals surface area contributed by atoms with Gasteiger partial charge < -0.3 is 5.11 Å². The van der Waals surface area contributed by atoms with Crippen LogP contribution in [0.25, 0.3) is 0 Å². The van der Waals surface area contributed by atoms with Crippen molar-refractivity contribution >= 4 is 5.69 Å². The molecule has 7 heteroatoms. The van der Waals surface area contributed by atoms with Gasteiger partial charge in [0.05, 0.1) is 17.6 Å². The molecule has 0 saturated carbocycles. The molecule has 1 aliphatic rings. The van der Waals surface area contributed by atoms with E-state index in [1.807, 2.05) is 0 Å². The zero-order valence-electron chi connectivity index (χ0n) is 14.1. The van der Waals surface area contributed by atoms with Gasteiger partial charge in [0.2, 0.25) is 0 Å². The first-order valence-electron chi connectivity index (χ1n) is 8.54. The number of rotatable bonds is 8. The highest BCUT2D eigenvalue weighted by atomic mass is 16.6. The van der Waals surface area contributed by atoms with Crippen molar-refractivity contribution < 1.29 is 10.0 Å². The van der Waals surface area contributed by atoms with Crippen LogP contribution in [0.5, 0.6) is 0 Å². The lowest BCUT2D eigenvalue weighted by atomic mass is 9.94. The number of β-amino-alcohol motifs (C(OH)–C–C–N with tert-alkyl or cyclic N) is 1. The third-order valence-corrected chi connectivity index (χ3v) is 4.50. The van der Waals surface area contributed by atoms with Crippen LogP contribution in [-0.2, 0) is 6.54 Å². The van der Waals surface area contributed by atoms with E-state index in [-0.39, 0.29) is 5.69 Å². The number of aliphatic hydroxyl groups excluding tert-OH is 1. The second-order valence-corrected chi connectivity index (χ2v) is 6.95. The monoisotopic (exact) mass is 324 g/mol. The summed E-state index contributed by atoms with van der Waals surface area (Å²) in [5.41, 5.74) is -0.0371. The van der Waals surface area contributed by atoms with Crippen LogP contribution in [-0.4, -0.2) is 49.9 Å². The van der Waals surface area contributed by atoms with E-state index in [0.29, 0.717) is 25.0 Å². The number of hydrogen-bond acceptors (Lipinski definition) is 5. The Kier molecular flexibility index (Phi) is 6.53. The van der Waals surface area contributed by atoms with E-state index in [1.165, 1.54) is 49.2 Å². The molecule has 0 aromatic carbocycles. The normalized spacial score (nSPS) is 20.8. The molecule has 2 unspecified atom stereocenters. The highest BCUT2D eigenvalue weighted by Crippen LogP contribution is 2.23. The molecule has 7 nitrogen and oxygen atoms in total.